The smallest absolute Gasteiger partial charge is 0.320 e. The first-order valence-corrected chi connectivity index (χ1v) is 6.46. The van der Waals surface area contributed by atoms with E-state index >= 15 is 0 Å². The van der Waals surface area contributed by atoms with E-state index in [1.165, 1.54) is 18.1 Å². The molecule has 6 heteroatoms. The SMILES string of the molecule is CC(C)NC(CCSc1ccncn1)C(=O)O. The molecule has 94 valence electrons. The van der Waals surface area contributed by atoms with E-state index in [4.69, 9.17) is 5.11 Å². The first kappa shape index (κ1) is 13.9. The maximum atomic E-state index is 11.0. The maximum absolute atomic E-state index is 11.0. The number of carboxylic acids is 1. The van der Waals surface area contributed by atoms with Crippen LogP contribution >= 0.6 is 11.8 Å². The maximum Gasteiger partial charge on any atom is 0.320 e. The second-order valence-electron chi connectivity index (χ2n) is 3.90. The van der Waals surface area contributed by atoms with Gasteiger partial charge in [0.1, 0.15) is 12.4 Å². The standard InChI is InChI=1S/C11H17N3O2S/c1-8(2)14-9(11(15)16)4-6-17-10-3-5-12-7-13-10/h3,5,7-9,14H,4,6H2,1-2H3,(H,15,16). The number of carboxylic acid groups (broad SMARTS) is 1. The van der Waals surface area contributed by atoms with Crippen molar-refractivity contribution in [2.24, 2.45) is 0 Å². The largest absolute Gasteiger partial charge is 0.480 e. The zero-order chi connectivity index (χ0) is 12.7. The van der Waals surface area contributed by atoms with E-state index in [0.717, 1.165) is 5.03 Å². The van der Waals surface area contributed by atoms with Gasteiger partial charge in [0.25, 0.3) is 0 Å². The summed E-state index contributed by atoms with van der Waals surface area (Å²) in [6, 6.07) is 1.49. The van der Waals surface area contributed by atoms with Crippen LogP contribution in [0.4, 0.5) is 0 Å². The number of rotatable bonds is 7. The Morgan fingerprint density at radius 3 is 2.88 bits per heavy atom. The highest BCUT2D eigenvalue weighted by atomic mass is 32.2. The normalized spacial score (nSPS) is 12.6. The van der Waals surface area contributed by atoms with Crippen LogP contribution < -0.4 is 5.32 Å². The third kappa shape index (κ3) is 5.65. The van der Waals surface area contributed by atoms with Crippen LogP contribution in [0, 0.1) is 0 Å². The second-order valence-corrected chi connectivity index (χ2v) is 5.01. The van der Waals surface area contributed by atoms with E-state index in [1.807, 2.05) is 19.9 Å². The minimum Gasteiger partial charge on any atom is -0.480 e. The van der Waals surface area contributed by atoms with E-state index in [-0.39, 0.29) is 6.04 Å². The van der Waals surface area contributed by atoms with Crippen LogP contribution in [0.3, 0.4) is 0 Å². The van der Waals surface area contributed by atoms with Crippen molar-refractivity contribution in [1.29, 1.82) is 0 Å². The van der Waals surface area contributed by atoms with Gasteiger partial charge in [-0.05, 0) is 12.5 Å². The summed E-state index contributed by atoms with van der Waals surface area (Å²) in [6.07, 6.45) is 3.74. The predicted molar refractivity (Wildman–Crippen MR) is 67.1 cm³/mol. The van der Waals surface area contributed by atoms with Crippen molar-refractivity contribution in [3.63, 3.8) is 0 Å². The topological polar surface area (TPSA) is 75.1 Å². The van der Waals surface area contributed by atoms with Crippen LogP contribution in [0.25, 0.3) is 0 Å². The fourth-order valence-corrected chi connectivity index (χ4v) is 2.17. The lowest BCUT2D eigenvalue weighted by atomic mass is 10.2. The average molecular weight is 255 g/mol. The van der Waals surface area contributed by atoms with E-state index in [1.54, 1.807) is 6.20 Å². The fraction of sp³-hybridized carbons (Fsp3) is 0.545. The lowest BCUT2D eigenvalue weighted by molar-refractivity contribution is -0.139. The molecule has 1 atom stereocenters. The van der Waals surface area contributed by atoms with Gasteiger partial charge in [-0.15, -0.1) is 11.8 Å². The molecule has 5 nitrogen and oxygen atoms in total. The molecule has 0 radical (unpaired) electrons. The van der Waals surface area contributed by atoms with Crippen LogP contribution in [0.2, 0.25) is 0 Å². The van der Waals surface area contributed by atoms with Crippen molar-refractivity contribution in [3.05, 3.63) is 18.6 Å². The van der Waals surface area contributed by atoms with Gasteiger partial charge in [-0.2, -0.15) is 0 Å². The number of carbonyl (C=O) groups is 1. The molecule has 0 saturated heterocycles. The Kier molecular flexibility index (Phi) is 5.93. The molecule has 0 aliphatic heterocycles. The van der Waals surface area contributed by atoms with Crippen molar-refractivity contribution in [1.82, 2.24) is 15.3 Å². The molecule has 0 bridgehead atoms. The van der Waals surface area contributed by atoms with E-state index in [9.17, 15) is 4.79 Å². The molecule has 1 aromatic heterocycles. The third-order valence-corrected chi connectivity index (χ3v) is 3.02. The zero-order valence-corrected chi connectivity index (χ0v) is 10.8. The molecule has 2 N–H and O–H groups in total. The Morgan fingerprint density at radius 2 is 2.35 bits per heavy atom. The van der Waals surface area contributed by atoms with Crippen LogP contribution in [0.15, 0.2) is 23.6 Å². The molecule has 1 aromatic rings. The van der Waals surface area contributed by atoms with Crippen molar-refractivity contribution in [2.75, 3.05) is 5.75 Å². The number of aliphatic carboxylic acids is 1. The predicted octanol–water partition coefficient (Wildman–Crippen LogP) is 1.41. The molecule has 0 aliphatic carbocycles. The van der Waals surface area contributed by atoms with Gasteiger partial charge in [0, 0.05) is 18.0 Å². The molecule has 0 aliphatic rings. The number of hydrogen-bond acceptors (Lipinski definition) is 5. The number of aromatic nitrogens is 2. The summed E-state index contributed by atoms with van der Waals surface area (Å²) in [5.41, 5.74) is 0. The van der Waals surface area contributed by atoms with Gasteiger partial charge in [-0.3, -0.25) is 4.79 Å². The van der Waals surface area contributed by atoms with Crippen molar-refractivity contribution in [2.45, 2.75) is 37.4 Å². The average Bonchev–Trinajstić information content (AvgIpc) is 2.28. The highest BCUT2D eigenvalue weighted by Gasteiger charge is 2.17. The Hall–Kier alpha value is -1.14. The van der Waals surface area contributed by atoms with Crippen LogP contribution in [-0.4, -0.2) is 38.9 Å². The summed E-state index contributed by atoms with van der Waals surface area (Å²) in [5.74, 6) is -0.0877. The van der Waals surface area contributed by atoms with E-state index in [0.29, 0.717) is 12.2 Å². The lowest BCUT2D eigenvalue weighted by Gasteiger charge is -2.16. The Bertz CT molecular complexity index is 346. The van der Waals surface area contributed by atoms with E-state index < -0.39 is 12.0 Å². The minimum atomic E-state index is -0.804. The Balaban J connectivity index is 2.35. The van der Waals surface area contributed by atoms with Crippen molar-refractivity contribution < 1.29 is 9.90 Å². The number of nitrogens with one attached hydrogen (secondary N) is 1. The van der Waals surface area contributed by atoms with E-state index in [2.05, 4.69) is 15.3 Å². The summed E-state index contributed by atoms with van der Waals surface area (Å²) in [5, 5.41) is 12.9. The molecule has 1 heterocycles. The summed E-state index contributed by atoms with van der Waals surface area (Å²) >= 11 is 1.54. The first-order chi connectivity index (χ1) is 8.09. The number of thioether (sulfide) groups is 1. The lowest BCUT2D eigenvalue weighted by Crippen LogP contribution is -2.41. The number of nitrogens with zero attached hydrogens (tertiary/aromatic N) is 2. The van der Waals surface area contributed by atoms with Gasteiger partial charge in [0.05, 0.1) is 5.03 Å². The van der Waals surface area contributed by atoms with Gasteiger partial charge >= 0.3 is 5.97 Å². The van der Waals surface area contributed by atoms with Gasteiger partial charge in [0.15, 0.2) is 0 Å². The summed E-state index contributed by atoms with van der Waals surface area (Å²) in [6.45, 7) is 3.88. The monoisotopic (exact) mass is 255 g/mol. The molecule has 0 spiro atoms. The van der Waals surface area contributed by atoms with Gasteiger partial charge in [-0.1, -0.05) is 13.8 Å². The third-order valence-electron chi connectivity index (χ3n) is 2.04. The highest BCUT2D eigenvalue weighted by molar-refractivity contribution is 7.99. The van der Waals surface area contributed by atoms with Crippen LogP contribution in [-0.2, 0) is 4.79 Å². The van der Waals surface area contributed by atoms with Gasteiger partial charge in [-0.25, -0.2) is 9.97 Å². The molecule has 0 aromatic carbocycles. The quantitative estimate of drug-likeness (QED) is 0.567. The molecule has 0 amide bonds. The van der Waals surface area contributed by atoms with Crippen LogP contribution in [0.5, 0.6) is 0 Å². The molecule has 0 fully saturated rings. The molecular formula is C11H17N3O2S. The molecule has 1 unspecified atom stereocenters. The molecular weight excluding hydrogens is 238 g/mol. The molecule has 0 saturated carbocycles. The molecule has 1 rings (SSSR count). The second kappa shape index (κ2) is 7.24. The zero-order valence-electron chi connectivity index (χ0n) is 9.96. The van der Waals surface area contributed by atoms with Crippen molar-refractivity contribution in [3.8, 4) is 0 Å². The minimum absolute atomic E-state index is 0.167. The van der Waals surface area contributed by atoms with Crippen molar-refractivity contribution >= 4 is 17.7 Å². The fourth-order valence-electron chi connectivity index (χ4n) is 1.33. The van der Waals surface area contributed by atoms with Gasteiger partial charge < -0.3 is 10.4 Å². The molecule has 17 heavy (non-hydrogen) atoms. The highest BCUT2D eigenvalue weighted by Crippen LogP contribution is 2.15. The van der Waals surface area contributed by atoms with Gasteiger partial charge in [0.2, 0.25) is 0 Å². The summed E-state index contributed by atoms with van der Waals surface area (Å²) < 4.78 is 0. The van der Waals surface area contributed by atoms with Crippen LogP contribution in [0.1, 0.15) is 20.3 Å². The Labute approximate surface area is 105 Å². The number of hydrogen-bond donors (Lipinski definition) is 2. The summed E-state index contributed by atoms with van der Waals surface area (Å²) in [7, 11) is 0. The summed E-state index contributed by atoms with van der Waals surface area (Å²) in [4.78, 5) is 18.9. The Morgan fingerprint density at radius 1 is 1.59 bits per heavy atom. The first-order valence-electron chi connectivity index (χ1n) is 5.47.